The second-order valence-corrected chi connectivity index (χ2v) is 8.08. The van der Waals surface area contributed by atoms with E-state index in [2.05, 4.69) is 22.1 Å². The molecule has 0 saturated carbocycles. The molecule has 2 aliphatic heterocycles. The molecule has 0 aromatic heterocycles. The Kier molecular flexibility index (Phi) is 6.46. The molecule has 0 bridgehead atoms. The summed E-state index contributed by atoms with van der Waals surface area (Å²) in [4.78, 5) is 6.50. The van der Waals surface area contributed by atoms with Gasteiger partial charge in [-0.3, -0.25) is 4.99 Å². The predicted octanol–water partition coefficient (Wildman–Crippen LogP) is -0.0443. The second-order valence-electron chi connectivity index (χ2n) is 5.99. The zero-order chi connectivity index (χ0) is 16.0. The number of hydrogen-bond acceptors (Lipinski definition) is 4. The Morgan fingerprint density at radius 1 is 1.32 bits per heavy atom. The SMILES string of the molecule is CN=C(NCCS(=O)(=O)N1CCOCC1)N1CCCC(C)C1. The number of hydrogen-bond donors (Lipinski definition) is 1. The number of sulfonamides is 1. The summed E-state index contributed by atoms with van der Waals surface area (Å²) in [6, 6.07) is 0. The van der Waals surface area contributed by atoms with E-state index in [1.54, 1.807) is 7.05 Å². The van der Waals surface area contributed by atoms with E-state index in [0.29, 0.717) is 38.8 Å². The van der Waals surface area contributed by atoms with Gasteiger partial charge in [-0.2, -0.15) is 4.31 Å². The molecule has 1 N–H and O–H groups in total. The van der Waals surface area contributed by atoms with Crippen molar-refractivity contribution in [3.63, 3.8) is 0 Å². The van der Waals surface area contributed by atoms with Gasteiger partial charge in [-0.25, -0.2) is 8.42 Å². The summed E-state index contributed by atoms with van der Waals surface area (Å²) in [5.74, 6) is 1.56. The highest BCUT2D eigenvalue weighted by Gasteiger charge is 2.24. The summed E-state index contributed by atoms with van der Waals surface area (Å²) in [7, 11) is -1.46. The van der Waals surface area contributed by atoms with Gasteiger partial charge in [0.15, 0.2) is 5.96 Å². The third-order valence-electron chi connectivity index (χ3n) is 4.17. The fraction of sp³-hybridized carbons (Fsp3) is 0.929. The van der Waals surface area contributed by atoms with Crippen molar-refractivity contribution in [2.24, 2.45) is 10.9 Å². The highest BCUT2D eigenvalue weighted by Crippen LogP contribution is 2.15. The van der Waals surface area contributed by atoms with Crippen molar-refractivity contribution < 1.29 is 13.2 Å². The van der Waals surface area contributed by atoms with E-state index >= 15 is 0 Å². The lowest BCUT2D eigenvalue weighted by molar-refractivity contribution is 0.0730. The van der Waals surface area contributed by atoms with Crippen molar-refractivity contribution in [1.82, 2.24) is 14.5 Å². The molecule has 128 valence electrons. The molecule has 0 spiro atoms. The molecular formula is C14H28N4O3S. The van der Waals surface area contributed by atoms with Crippen LogP contribution >= 0.6 is 0 Å². The van der Waals surface area contributed by atoms with Crippen LogP contribution in [0, 0.1) is 5.92 Å². The Morgan fingerprint density at radius 3 is 2.68 bits per heavy atom. The minimum atomic E-state index is -3.21. The Labute approximate surface area is 133 Å². The maximum Gasteiger partial charge on any atom is 0.215 e. The first-order valence-electron chi connectivity index (χ1n) is 8.04. The van der Waals surface area contributed by atoms with Crippen molar-refractivity contribution in [2.45, 2.75) is 19.8 Å². The summed E-state index contributed by atoms with van der Waals surface area (Å²) in [6.45, 7) is 6.48. The molecule has 0 aromatic carbocycles. The van der Waals surface area contributed by atoms with Gasteiger partial charge in [0.05, 0.1) is 19.0 Å². The maximum absolute atomic E-state index is 12.3. The molecule has 2 rings (SSSR count). The highest BCUT2D eigenvalue weighted by molar-refractivity contribution is 7.89. The van der Waals surface area contributed by atoms with Gasteiger partial charge in [0, 0.05) is 39.8 Å². The standard InChI is InChI=1S/C14H28N4O3S/c1-13-4-3-6-17(12-13)14(15-2)16-5-11-22(19,20)18-7-9-21-10-8-18/h13H,3-12H2,1-2H3,(H,15,16). The van der Waals surface area contributed by atoms with Crippen molar-refractivity contribution in [2.75, 3.05) is 58.7 Å². The first-order valence-corrected chi connectivity index (χ1v) is 9.65. The van der Waals surface area contributed by atoms with E-state index in [9.17, 15) is 8.42 Å². The molecule has 2 fully saturated rings. The number of aliphatic imine (C=N–C) groups is 1. The van der Waals surface area contributed by atoms with Crippen LogP contribution in [0.2, 0.25) is 0 Å². The number of guanidine groups is 1. The summed E-state index contributed by atoms with van der Waals surface area (Å²) in [5, 5.41) is 3.19. The van der Waals surface area contributed by atoms with E-state index < -0.39 is 10.0 Å². The molecule has 2 saturated heterocycles. The minimum absolute atomic E-state index is 0.0927. The van der Waals surface area contributed by atoms with Gasteiger partial charge in [0.25, 0.3) is 0 Å². The third kappa shape index (κ3) is 4.82. The zero-order valence-electron chi connectivity index (χ0n) is 13.6. The fourth-order valence-electron chi connectivity index (χ4n) is 2.96. The lowest BCUT2D eigenvalue weighted by Gasteiger charge is -2.33. The largest absolute Gasteiger partial charge is 0.379 e. The van der Waals surface area contributed by atoms with E-state index in [-0.39, 0.29) is 5.75 Å². The lowest BCUT2D eigenvalue weighted by Crippen LogP contribution is -2.48. The maximum atomic E-state index is 12.3. The Bertz CT molecular complexity index is 474. The molecule has 0 amide bonds. The molecule has 2 heterocycles. The monoisotopic (exact) mass is 332 g/mol. The first kappa shape index (κ1) is 17.5. The van der Waals surface area contributed by atoms with Gasteiger partial charge in [-0.05, 0) is 18.8 Å². The summed E-state index contributed by atoms with van der Waals surface area (Å²) >= 11 is 0. The fourth-order valence-corrected chi connectivity index (χ4v) is 4.28. The molecular weight excluding hydrogens is 304 g/mol. The van der Waals surface area contributed by atoms with Crippen LogP contribution in [0.3, 0.4) is 0 Å². The Morgan fingerprint density at radius 2 is 2.05 bits per heavy atom. The molecule has 0 radical (unpaired) electrons. The van der Waals surface area contributed by atoms with Crippen LogP contribution in [0.1, 0.15) is 19.8 Å². The molecule has 8 heteroatoms. The molecule has 1 unspecified atom stereocenters. The van der Waals surface area contributed by atoms with Crippen molar-refractivity contribution in [3.05, 3.63) is 0 Å². The van der Waals surface area contributed by atoms with Crippen LogP contribution in [0.25, 0.3) is 0 Å². The Hall–Kier alpha value is -0.860. The third-order valence-corrected chi connectivity index (χ3v) is 6.05. The van der Waals surface area contributed by atoms with Gasteiger partial charge in [-0.15, -0.1) is 0 Å². The predicted molar refractivity (Wildman–Crippen MR) is 87.5 cm³/mol. The molecule has 7 nitrogen and oxygen atoms in total. The Balaban J connectivity index is 1.80. The number of nitrogens with one attached hydrogen (secondary N) is 1. The summed E-state index contributed by atoms with van der Waals surface area (Å²) in [6.07, 6.45) is 2.41. The molecule has 0 aromatic rings. The van der Waals surface area contributed by atoms with Gasteiger partial charge < -0.3 is 15.0 Å². The molecule has 22 heavy (non-hydrogen) atoms. The van der Waals surface area contributed by atoms with Gasteiger partial charge >= 0.3 is 0 Å². The molecule has 0 aliphatic carbocycles. The van der Waals surface area contributed by atoms with Crippen LogP contribution in [0.4, 0.5) is 0 Å². The smallest absolute Gasteiger partial charge is 0.215 e. The first-order chi connectivity index (χ1) is 10.5. The number of likely N-dealkylation sites (tertiary alicyclic amines) is 1. The average Bonchev–Trinajstić information content (AvgIpc) is 2.52. The number of rotatable bonds is 4. The number of ether oxygens (including phenoxy) is 1. The average molecular weight is 332 g/mol. The number of morpholine rings is 1. The minimum Gasteiger partial charge on any atom is -0.379 e. The van der Waals surface area contributed by atoms with E-state index in [4.69, 9.17) is 4.74 Å². The topological polar surface area (TPSA) is 74.2 Å². The summed E-state index contributed by atoms with van der Waals surface area (Å²) in [5.41, 5.74) is 0. The zero-order valence-corrected chi connectivity index (χ0v) is 14.4. The van der Waals surface area contributed by atoms with Crippen LogP contribution in [-0.4, -0.2) is 82.3 Å². The van der Waals surface area contributed by atoms with Gasteiger partial charge in [0.2, 0.25) is 10.0 Å². The summed E-state index contributed by atoms with van der Waals surface area (Å²) < 4.78 is 31.2. The van der Waals surface area contributed by atoms with Crippen LogP contribution < -0.4 is 5.32 Å². The number of piperidine rings is 1. The molecule has 1 atom stereocenters. The molecule has 2 aliphatic rings. The van der Waals surface area contributed by atoms with Gasteiger partial charge in [-0.1, -0.05) is 6.92 Å². The van der Waals surface area contributed by atoms with Crippen LogP contribution in [-0.2, 0) is 14.8 Å². The normalized spacial score (nSPS) is 25.3. The van der Waals surface area contributed by atoms with E-state index in [1.807, 2.05) is 0 Å². The van der Waals surface area contributed by atoms with Crippen molar-refractivity contribution in [3.8, 4) is 0 Å². The van der Waals surface area contributed by atoms with E-state index in [0.717, 1.165) is 25.5 Å². The van der Waals surface area contributed by atoms with Crippen molar-refractivity contribution >= 4 is 16.0 Å². The van der Waals surface area contributed by atoms with Gasteiger partial charge in [0.1, 0.15) is 0 Å². The lowest BCUT2D eigenvalue weighted by atomic mass is 10.0. The quantitative estimate of drug-likeness (QED) is 0.577. The van der Waals surface area contributed by atoms with Crippen molar-refractivity contribution in [1.29, 1.82) is 0 Å². The second kappa shape index (κ2) is 8.12. The van der Waals surface area contributed by atoms with Crippen LogP contribution in [0.15, 0.2) is 4.99 Å². The van der Waals surface area contributed by atoms with Crippen LogP contribution in [0.5, 0.6) is 0 Å². The van der Waals surface area contributed by atoms with E-state index in [1.165, 1.54) is 10.7 Å². The number of nitrogens with zero attached hydrogens (tertiary/aromatic N) is 3. The highest BCUT2D eigenvalue weighted by atomic mass is 32.2.